The van der Waals surface area contributed by atoms with E-state index in [0.717, 1.165) is 0 Å². The van der Waals surface area contributed by atoms with E-state index in [9.17, 15) is 19.2 Å². The zero-order valence-corrected chi connectivity index (χ0v) is 23.5. The molecule has 10 heteroatoms. The van der Waals surface area contributed by atoms with E-state index in [1.165, 1.54) is 12.2 Å². The first-order valence-electron chi connectivity index (χ1n) is 13.6. The van der Waals surface area contributed by atoms with Crippen molar-refractivity contribution in [2.75, 3.05) is 26.4 Å². The van der Waals surface area contributed by atoms with Gasteiger partial charge in [-0.05, 0) is 40.5 Å². The van der Waals surface area contributed by atoms with Crippen molar-refractivity contribution < 1.29 is 47.6 Å². The number of carbonyl (C=O) groups excluding carboxylic acids is 4. The van der Waals surface area contributed by atoms with E-state index < -0.39 is 63.2 Å². The Labute approximate surface area is 228 Å². The Hall–Kier alpha value is -3.04. The van der Waals surface area contributed by atoms with Crippen molar-refractivity contribution in [3.8, 4) is 0 Å². The fourth-order valence-electron chi connectivity index (χ4n) is 7.40. The molecule has 0 aromatic carbocycles. The van der Waals surface area contributed by atoms with Gasteiger partial charge >= 0.3 is 23.9 Å². The maximum absolute atomic E-state index is 13.4. The van der Waals surface area contributed by atoms with E-state index in [1.54, 1.807) is 27.7 Å². The van der Waals surface area contributed by atoms with Crippen LogP contribution in [0.25, 0.3) is 0 Å². The van der Waals surface area contributed by atoms with Gasteiger partial charge in [0.2, 0.25) is 0 Å². The zero-order valence-electron chi connectivity index (χ0n) is 23.5. The summed E-state index contributed by atoms with van der Waals surface area (Å²) in [5.41, 5.74) is -4.24. The van der Waals surface area contributed by atoms with Gasteiger partial charge in [0.05, 0.1) is 61.2 Å². The number of hydrogen-bond acceptors (Lipinski definition) is 10. The van der Waals surface area contributed by atoms with E-state index in [2.05, 4.69) is 0 Å². The largest absolute Gasteiger partial charge is 0.497 e. The minimum atomic E-state index is -0.932. The second kappa shape index (κ2) is 8.99. The van der Waals surface area contributed by atoms with Gasteiger partial charge in [-0.3, -0.25) is 9.59 Å². The molecule has 39 heavy (non-hydrogen) atoms. The standard InChI is InChI=1S/C29H38O10/c1-25(2)15-36-23(32)26(3)13-28(5)21(26)17(11-19(30)38-28)34-9-7-8-10-35-18-12-20(31)39-29(6)14-27(4,22(18)29)24(33)37-16-25/h11-12,21-22H,7-10,13-16H2,1-6H3. The molecule has 2 aliphatic carbocycles. The molecule has 6 unspecified atom stereocenters. The lowest BCUT2D eigenvalue weighted by Crippen LogP contribution is -2.66. The maximum atomic E-state index is 13.4. The zero-order chi connectivity index (χ0) is 28.4. The molecule has 1 saturated heterocycles. The highest BCUT2D eigenvalue weighted by Crippen LogP contribution is 2.62. The van der Waals surface area contributed by atoms with E-state index in [4.69, 9.17) is 28.4 Å². The van der Waals surface area contributed by atoms with Gasteiger partial charge in [-0.25, -0.2) is 9.59 Å². The minimum absolute atomic E-state index is 0.0293. The van der Waals surface area contributed by atoms with Crippen molar-refractivity contribution in [1.82, 2.24) is 0 Å². The Balaban J connectivity index is 1.39. The fraction of sp³-hybridized carbons (Fsp3) is 0.724. The summed E-state index contributed by atoms with van der Waals surface area (Å²) in [7, 11) is 0. The summed E-state index contributed by atoms with van der Waals surface area (Å²) in [6.07, 6.45) is 4.46. The molecular weight excluding hydrogens is 508 g/mol. The van der Waals surface area contributed by atoms with Crippen LogP contribution in [-0.2, 0) is 47.6 Å². The number of ether oxygens (including phenoxy) is 6. The first kappa shape index (κ1) is 27.5. The SMILES string of the molecule is CC1(C)COC(=O)C2(C)CC3(C)OC(=O)C=C(OCCCCOC4=CC(=O)OC5(C)CC(C)(C(=O)OC1)C45)C32. The van der Waals surface area contributed by atoms with Crippen LogP contribution in [-0.4, -0.2) is 61.5 Å². The van der Waals surface area contributed by atoms with Crippen molar-refractivity contribution in [3.05, 3.63) is 23.7 Å². The molecule has 10 nitrogen and oxygen atoms in total. The summed E-state index contributed by atoms with van der Waals surface area (Å²) in [6.45, 7) is 11.6. The summed E-state index contributed by atoms with van der Waals surface area (Å²) in [5, 5.41) is 0. The van der Waals surface area contributed by atoms with Crippen LogP contribution in [0, 0.1) is 28.1 Å². The smallest absolute Gasteiger partial charge is 0.334 e. The highest BCUT2D eigenvalue weighted by molar-refractivity contribution is 5.88. The Morgan fingerprint density at radius 1 is 0.615 bits per heavy atom. The number of cyclic esters (lactones) is 2. The Bertz CT molecular complexity index is 1080. The fourth-order valence-corrected chi connectivity index (χ4v) is 7.40. The number of rotatable bonds is 0. The van der Waals surface area contributed by atoms with Gasteiger partial charge < -0.3 is 28.4 Å². The summed E-state index contributed by atoms with van der Waals surface area (Å²) < 4.78 is 34.8. The summed E-state index contributed by atoms with van der Waals surface area (Å²) >= 11 is 0. The van der Waals surface area contributed by atoms with Crippen molar-refractivity contribution in [2.24, 2.45) is 28.1 Å². The summed E-state index contributed by atoms with van der Waals surface area (Å²) in [4.78, 5) is 51.2. The molecule has 214 valence electrons. The van der Waals surface area contributed by atoms with Gasteiger partial charge in [0, 0.05) is 18.3 Å². The molecule has 6 atom stereocenters. The minimum Gasteiger partial charge on any atom is -0.497 e. The number of hydrogen-bond donors (Lipinski definition) is 0. The third-order valence-electron chi connectivity index (χ3n) is 8.89. The van der Waals surface area contributed by atoms with Crippen LogP contribution >= 0.6 is 0 Å². The van der Waals surface area contributed by atoms with Crippen molar-refractivity contribution in [3.63, 3.8) is 0 Å². The van der Waals surface area contributed by atoms with E-state index >= 15 is 0 Å². The van der Waals surface area contributed by atoms with Crippen LogP contribution in [0.2, 0.25) is 0 Å². The second-order valence-corrected chi connectivity index (χ2v) is 13.3. The van der Waals surface area contributed by atoms with Gasteiger partial charge in [0.25, 0.3) is 0 Å². The Kier molecular flexibility index (Phi) is 6.35. The van der Waals surface area contributed by atoms with E-state index in [-0.39, 0.29) is 13.2 Å². The van der Waals surface area contributed by atoms with Crippen LogP contribution in [0.1, 0.15) is 67.2 Å². The van der Waals surface area contributed by atoms with Gasteiger partial charge in [-0.2, -0.15) is 0 Å². The van der Waals surface area contributed by atoms with Crippen LogP contribution in [0.15, 0.2) is 23.7 Å². The van der Waals surface area contributed by atoms with Crippen LogP contribution in [0.4, 0.5) is 0 Å². The third-order valence-corrected chi connectivity index (χ3v) is 8.89. The Morgan fingerprint density at radius 3 is 1.38 bits per heavy atom. The highest BCUT2D eigenvalue weighted by Gasteiger charge is 2.70. The number of carbonyl (C=O) groups is 4. The third kappa shape index (κ3) is 4.49. The predicted octanol–water partition coefficient (Wildman–Crippen LogP) is 3.38. The van der Waals surface area contributed by atoms with Crippen LogP contribution in [0.3, 0.4) is 0 Å². The molecule has 0 bridgehead atoms. The Morgan fingerprint density at radius 2 is 1.00 bits per heavy atom. The van der Waals surface area contributed by atoms with Crippen LogP contribution < -0.4 is 0 Å². The van der Waals surface area contributed by atoms with E-state index in [1.807, 2.05) is 13.8 Å². The first-order chi connectivity index (χ1) is 18.1. The molecule has 3 aliphatic heterocycles. The van der Waals surface area contributed by atoms with Crippen molar-refractivity contribution in [1.29, 1.82) is 0 Å². The molecule has 0 amide bonds. The van der Waals surface area contributed by atoms with Crippen molar-refractivity contribution >= 4 is 23.9 Å². The van der Waals surface area contributed by atoms with Crippen molar-refractivity contribution in [2.45, 2.75) is 78.4 Å². The average Bonchev–Trinajstić information content (AvgIpc) is 2.80. The lowest BCUT2D eigenvalue weighted by molar-refractivity contribution is -0.229. The quantitative estimate of drug-likeness (QED) is 0.330. The number of esters is 4. The lowest BCUT2D eigenvalue weighted by atomic mass is 9.51. The summed E-state index contributed by atoms with van der Waals surface area (Å²) in [5.74, 6) is -1.91. The highest BCUT2D eigenvalue weighted by atomic mass is 16.6. The molecule has 3 fully saturated rings. The maximum Gasteiger partial charge on any atom is 0.334 e. The van der Waals surface area contributed by atoms with Crippen LogP contribution in [0.5, 0.6) is 0 Å². The molecule has 5 aliphatic rings. The molecule has 0 spiro atoms. The average molecular weight is 547 g/mol. The first-order valence-corrected chi connectivity index (χ1v) is 13.6. The van der Waals surface area contributed by atoms with Gasteiger partial charge in [-0.1, -0.05) is 13.8 Å². The molecule has 3 heterocycles. The molecule has 0 aromatic heterocycles. The van der Waals surface area contributed by atoms with Gasteiger partial charge in [0.15, 0.2) is 0 Å². The lowest BCUT2D eigenvalue weighted by Gasteiger charge is -2.58. The molecular formula is C29H38O10. The predicted molar refractivity (Wildman–Crippen MR) is 134 cm³/mol. The summed E-state index contributed by atoms with van der Waals surface area (Å²) in [6, 6.07) is 0. The molecule has 0 aromatic rings. The molecule has 0 radical (unpaired) electrons. The molecule has 0 N–H and O–H groups in total. The van der Waals surface area contributed by atoms with E-state index in [0.29, 0.717) is 50.4 Å². The van der Waals surface area contributed by atoms with Gasteiger partial charge in [0.1, 0.15) is 22.7 Å². The second-order valence-electron chi connectivity index (χ2n) is 13.3. The monoisotopic (exact) mass is 546 g/mol. The van der Waals surface area contributed by atoms with Gasteiger partial charge in [-0.15, -0.1) is 0 Å². The normalized spacial score (nSPS) is 42.1. The molecule has 5 rings (SSSR count). The molecule has 2 saturated carbocycles. The topological polar surface area (TPSA) is 124 Å².